The van der Waals surface area contributed by atoms with Gasteiger partial charge in [-0.05, 0) is 25.7 Å². The molecule has 22 heavy (non-hydrogen) atoms. The summed E-state index contributed by atoms with van der Waals surface area (Å²) in [5.41, 5.74) is 4.95. The Kier molecular flexibility index (Phi) is 13.0. The van der Waals surface area contributed by atoms with Crippen LogP contribution in [0.15, 0.2) is 0 Å². The molecule has 0 unspecified atom stereocenters. The number of amides is 3. The average Bonchev–Trinajstić information content (AvgIpc) is 2.71. The zero-order chi connectivity index (χ0) is 15.3. The lowest BCUT2D eigenvalue weighted by Gasteiger charge is -2.16. The highest BCUT2D eigenvalue weighted by Gasteiger charge is 2.10. The lowest BCUT2D eigenvalue weighted by atomic mass is 10.1. The van der Waals surface area contributed by atoms with Crippen LogP contribution in [-0.4, -0.2) is 37.6 Å². The minimum absolute atomic E-state index is 0. The van der Waals surface area contributed by atoms with E-state index < -0.39 is 6.03 Å². The van der Waals surface area contributed by atoms with Crippen LogP contribution < -0.4 is 21.7 Å². The van der Waals surface area contributed by atoms with Crippen LogP contribution in [0.3, 0.4) is 0 Å². The van der Waals surface area contributed by atoms with Crippen LogP contribution >= 0.6 is 12.4 Å². The number of unbranched alkanes of at least 4 members (excludes halogenated alkanes) is 1. The van der Waals surface area contributed by atoms with E-state index in [0.717, 1.165) is 19.4 Å². The molecule has 0 bridgehead atoms. The number of carbonyl (C=O) groups is 2. The normalized spacial score (nSPS) is 15.5. The van der Waals surface area contributed by atoms with Gasteiger partial charge in [-0.15, -0.1) is 12.4 Å². The predicted octanol–water partition coefficient (Wildman–Crippen LogP) is 1.68. The summed E-state index contributed by atoms with van der Waals surface area (Å²) in [6, 6.07) is 0.119. The summed E-state index contributed by atoms with van der Waals surface area (Å²) in [5, 5.41) is 8.96. The number of nitrogens with two attached hydrogens (primary N) is 1. The molecule has 0 heterocycles. The van der Waals surface area contributed by atoms with E-state index >= 15 is 0 Å². The summed E-state index contributed by atoms with van der Waals surface area (Å²) in [6.07, 6.45) is 9.94. The Hall–Kier alpha value is -1.01. The molecule has 3 amide bonds. The van der Waals surface area contributed by atoms with E-state index in [1.54, 1.807) is 0 Å². The van der Waals surface area contributed by atoms with Gasteiger partial charge in [0.2, 0.25) is 5.91 Å². The van der Waals surface area contributed by atoms with Gasteiger partial charge in [0.1, 0.15) is 0 Å². The lowest BCUT2D eigenvalue weighted by Crippen LogP contribution is -2.36. The zero-order valence-electron chi connectivity index (χ0n) is 13.4. The molecule has 0 radical (unpaired) electrons. The van der Waals surface area contributed by atoms with Gasteiger partial charge in [0, 0.05) is 32.1 Å². The second-order valence-corrected chi connectivity index (χ2v) is 5.74. The van der Waals surface area contributed by atoms with Crippen LogP contribution in [0.4, 0.5) is 4.79 Å². The van der Waals surface area contributed by atoms with E-state index in [0.29, 0.717) is 25.6 Å². The molecule has 1 fully saturated rings. The van der Waals surface area contributed by atoms with Crippen molar-refractivity contribution in [2.45, 2.75) is 63.8 Å². The number of primary amides is 1. The maximum atomic E-state index is 11.6. The van der Waals surface area contributed by atoms with Gasteiger partial charge < -0.3 is 21.7 Å². The molecule has 1 aliphatic carbocycles. The molecular weight excluding hydrogens is 304 g/mol. The summed E-state index contributed by atoms with van der Waals surface area (Å²) < 4.78 is 0. The van der Waals surface area contributed by atoms with Gasteiger partial charge in [-0.2, -0.15) is 0 Å². The molecular formula is C15H31ClN4O2. The Morgan fingerprint density at radius 1 is 0.909 bits per heavy atom. The molecule has 6 nitrogen and oxygen atoms in total. The number of hydrogen-bond donors (Lipinski definition) is 4. The molecule has 0 aromatic carbocycles. The Morgan fingerprint density at radius 3 is 2.23 bits per heavy atom. The van der Waals surface area contributed by atoms with Crippen LogP contribution in [0.25, 0.3) is 0 Å². The third-order valence-electron chi connectivity index (χ3n) is 3.87. The maximum absolute atomic E-state index is 11.6. The van der Waals surface area contributed by atoms with Gasteiger partial charge in [0.15, 0.2) is 0 Å². The number of hydrogen-bond acceptors (Lipinski definition) is 3. The first-order valence-corrected chi connectivity index (χ1v) is 8.22. The lowest BCUT2D eigenvalue weighted by molar-refractivity contribution is -0.121. The number of urea groups is 1. The third-order valence-corrected chi connectivity index (χ3v) is 3.87. The summed E-state index contributed by atoms with van der Waals surface area (Å²) in [5.74, 6) is 0.0803. The molecule has 0 saturated heterocycles. The van der Waals surface area contributed by atoms with Gasteiger partial charge in [-0.25, -0.2) is 4.79 Å². The van der Waals surface area contributed by atoms with Crippen LogP contribution in [-0.2, 0) is 4.79 Å². The fraction of sp³-hybridized carbons (Fsp3) is 0.867. The number of halogens is 1. The molecule has 0 atom stereocenters. The standard InChI is InChI=1S/C15H30N4O2.ClH/c16-15(21)19-10-6-5-9-14(20)18-12-11-17-13-7-3-1-2-4-8-13;/h13,17H,1-12H2,(H,18,20)(H3,16,19,21);1H. The first kappa shape index (κ1) is 21.0. The summed E-state index contributed by atoms with van der Waals surface area (Å²) >= 11 is 0. The van der Waals surface area contributed by atoms with E-state index in [1.807, 2.05) is 0 Å². The van der Waals surface area contributed by atoms with Crippen molar-refractivity contribution in [1.82, 2.24) is 16.0 Å². The minimum Gasteiger partial charge on any atom is -0.355 e. The number of nitrogens with one attached hydrogen (secondary N) is 3. The highest BCUT2D eigenvalue weighted by molar-refractivity contribution is 5.85. The van der Waals surface area contributed by atoms with Crippen LogP contribution in [0, 0.1) is 0 Å². The average molecular weight is 335 g/mol. The molecule has 1 rings (SSSR count). The van der Waals surface area contributed by atoms with Crippen LogP contribution in [0.5, 0.6) is 0 Å². The quantitative estimate of drug-likeness (QED) is 0.381. The van der Waals surface area contributed by atoms with Crippen molar-refractivity contribution in [3.05, 3.63) is 0 Å². The highest BCUT2D eigenvalue weighted by Crippen LogP contribution is 2.16. The Bertz CT molecular complexity index is 308. The molecule has 0 aromatic heterocycles. The van der Waals surface area contributed by atoms with Gasteiger partial charge in [-0.3, -0.25) is 4.79 Å². The van der Waals surface area contributed by atoms with Crippen molar-refractivity contribution in [1.29, 1.82) is 0 Å². The van der Waals surface area contributed by atoms with Crippen molar-refractivity contribution in [3.63, 3.8) is 0 Å². The van der Waals surface area contributed by atoms with Gasteiger partial charge >= 0.3 is 6.03 Å². The van der Waals surface area contributed by atoms with Gasteiger partial charge in [0.25, 0.3) is 0 Å². The topological polar surface area (TPSA) is 96.2 Å². The van der Waals surface area contributed by atoms with Crippen molar-refractivity contribution < 1.29 is 9.59 Å². The Labute approximate surface area is 139 Å². The van der Waals surface area contributed by atoms with Crippen LogP contribution in [0.1, 0.15) is 57.8 Å². The van der Waals surface area contributed by atoms with E-state index in [-0.39, 0.29) is 18.3 Å². The van der Waals surface area contributed by atoms with Crippen LogP contribution in [0.2, 0.25) is 0 Å². The zero-order valence-corrected chi connectivity index (χ0v) is 14.2. The summed E-state index contributed by atoms with van der Waals surface area (Å²) in [7, 11) is 0. The molecule has 0 spiro atoms. The fourth-order valence-electron chi connectivity index (χ4n) is 2.67. The smallest absolute Gasteiger partial charge is 0.312 e. The summed E-state index contributed by atoms with van der Waals surface area (Å²) in [6.45, 7) is 2.07. The second-order valence-electron chi connectivity index (χ2n) is 5.74. The molecule has 130 valence electrons. The van der Waals surface area contributed by atoms with Crippen molar-refractivity contribution in [2.75, 3.05) is 19.6 Å². The molecule has 1 aliphatic rings. The van der Waals surface area contributed by atoms with E-state index in [1.165, 1.54) is 38.5 Å². The van der Waals surface area contributed by atoms with E-state index in [2.05, 4.69) is 16.0 Å². The van der Waals surface area contributed by atoms with Crippen molar-refractivity contribution in [3.8, 4) is 0 Å². The second kappa shape index (κ2) is 13.6. The molecule has 1 saturated carbocycles. The molecule has 0 aliphatic heterocycles. The SMILES string of the molecule is Cl.NC(=O)NCCCCC(=O)NCCNC1CCCCCC1. The van der Waals surface area contributed by atoms with E-state index in [9.17, 15) is 9.59 Å². The monoisotopic (exact) mass is 334 g/mol. The highest BCUT2D eigenvalue weighted by atomic mass is 35.5. The molecule has 0 aromatic rings. The minimum atomic E-state index is -0.510. The molecule has 7 heteroatoms. The Morgan fingerprint density at radius 2 is 1.59 bits per heavy atom. The van der Waals surface area contributed by atoms with E-state index in [4.69, 9.17) is 5.73 Å². The molecule has 5 N–H and O–H groups in total. The first-order valence-electron chi connectivity index (χ1n) is 8.22. The van der Waals surface area contributed by atoms with Gasteiger partial charge in [-0.1, -0.05) is 25.7 Å². The number of carbonyl (C=O) groups excluding carboxylic acids is 2. The summed E-state index contributed by atoms with van der Waals surface area (Å²) in [4.78, 5) is 22.0. The third kappa shape index (κ3) is 11.6. The maximum Gasteiger partial charge on any atom is 0.312 e. The largest absolute Gasteiger partial charge is 0.355 e. The predicted molar refractivity (Wildman–Crippen MR) is 91.2 cm³/mol. The Balaban J connectivity index is 0.00000441. The van der Waals surface area contributed by atoms with Crippen molar-refractivity contribution >= 4 is 24.3 Å². The fourth-order valence-corrected chi connectivity index (χ4v) is 2.67. The number of rotatable bonds is 9. The van der Waals surface area contributed by atoms with Gasteiger partial charge in [0.05, 0.1) is 0 Å². The first-order chi connectivity index (χ1) is 10.2. The van der Waals surface area contributed by atoms with Crippen molar-refractivity contribution in [2.24, 2.45) is 5.73 Å².